The van der Waals surface area contributed by atoms with Crippen LogP contribution in [0.3, 0.4) is 0 Å². The molecule has 2 aromatic heterocycles. The van der Waals surface area contributed by atoms with E-state index >= 15 is 0 Å². The second-order valence-corrected chi connectivity index (χ2v) is 10.6. The highest BCUT2D eigenvalue weighted by Crippen LogP contribution is 2.25. The van der Waals surface area contributed by atoms with E-state index in [0.29, 0.717) is 37.1 Å². The molecular weight excluding hydrogens is 438 g/mol. The Morgan fingerprint density at radius 1 is 0.879 bits per heavy atom. The number of aromatic nitrogens is 4. The molecule has 0 N–H and O–H groups in total. The molecular formula is C23H29N7O2S. The number of sulfonamides is 1. The Balaban J connectivity index is 1.22. The fourth-order valence-electron chi connectivity index (χ4n) is 4.58. The highest BCUT2D eigenvalue weighted by atomic mass is 32.2. The van der Waals surface area contributed by atoms with Gasteiger partial charge in [-0.25, -0.2) is 13.1 Å². The van der Waals surface area contributed by atoms with Gasteiger partial charge in [-0.05, 0) is 68.7 Å². The van der Waals surface area contributed by atoms with Crippen molar-refractivity contribution in [2.75, 3.05) is 42.5 Å². The normalized spacial score (nSPS) is 20.2. The molecule has 0 bridgehead atoms. The second-order valence-electron chi connectivity index (χ2n) is 8.62. The largest absolute Gasteiger partial charge is 0.352 e. The van der Waals surface area contributed by atoms with Crippen LogP contribution in [0.15, 0.2) is 59.8 Å². The van der Waals surface area contributed by atoms with Gasteiger partial charge in [0, 0.05) is 51.2 Å². The van der Waals surface area contributed by atoms with Crippen LogP contribution in [0.2, 0.25) is 0 Å². The van der Waals surface area contributed by atoms with Gasteiger partial charge in [-0.3, -0.25) is 0 Å². The number of rotatable bonds is 5. The molecule has 5 rings (SSSR count). The molecule has 33 heavy (non-hydrogen) atoms. The lowest BCUT2D eigenvalue weighted by Gasteiger charge is -2.35. The van der Waals surface area contributed by atoms with E-state index in [1.54, 1.807) is 39.4 Å². The predicted molar refractivity (Wildman–Crippen MR) is 127 cm³/mol. The van der Waals surface area contributed by atoms with Gasteiger partial charge in [0.15, 0.2) is 11.6 Å². The number of piperidine rings is 1. The van der Waals surface area contributed by atoms with Crippen molar-refractivity contribution in [1.29, 1.82) is 0 Å². The van der Waals surface area contributed by atoms with E-state index in [9.17, 15) is 8.42 Å². The van der Waals surface area contributed by atoms with Gasteiger partial charge in [0.1, 0.15) is 0 Å². The highest BCUT2D eigenvalue weighted by Gasteiger charge is 2.29. The van der Waals surface area contributed by atoms with E-state index in [2.05, 4.69) is 32.0 Å². The number of hydrogen-bond acceptors (Lipinski definition) is 7. The first kappa shape index (κ1) is 21.8. The zero-order chi connectivity index (χ0) is 22.8. The molecule has 2 aliphatic rings. The third-order valence-corrected chi connectivity index (χ3v) is 8.45. The molecule has 0 radical (unpaired) electrons. The number of nitrogens with zero attached hydrogens (tertiary/aromatic N) is 7. The van der Waals surface area contributed by atoms with Gasteiger partial charge in [-0.1, -0.05) is 0 Å². The van der Waals surface area contributed by atoms with Crippen LogP contribution in [0.25, 0.3) is 5.69 Å². The van der Waals surface area contributed by atoms with Crippen molar-refractivity contribution in [3.8, 4) is 5.69 Å². The lowest BCUT2D eigenvalue weighted by atomic mass is 10.0. The minimum absolute atomic E-state index is 0.298. The Kier molecular flexibility index (Phi) is 6.03. The first-order valence-corrected chi connectivity index (χ1v) is 12.9. The predicted octanol–water partition coefficient (Wildman–Crippen LogP) is 2.55. The topological polar surface area (TPSA) is 87.5 Å². The molecule has 1 aromatic carbocycles. The molecule has 2 fully saturated rings. The fourth-order valence-corrected chi connectivity index (χ4v) is 6.00. The molecule has 0 saturated carbocycles. The van der Waals surface area contributed by atoms with Crippen LogP contribution in [0.5, 0.6) is 0 Å². The molecule has 2 saturated heterocycles. The van der Waals surface area contributed by atoms with Crippen LogP contribution in [0, 0.1) is 0 Å². The third kappa shape index (κ3) is 4.45. The summed E-state index contributed by atoms with van der Waals surface area (Å²) in [5.74, 6) is 1.72. The smallest absolute Gasteiger partial charge is 0.243 e. The van der Waals surface area contributed by atoms with Gasteiger partial charge < -0.3 is 9.80 Å². The van der Waals surface area contributed by atoms with Gasteiger partial charge in [-0.15, -0.1) is 10.2 Å². The first-order valence-electron chi connectivity index (χ1n) is 11.5. The Bertz CT molecular complexity index is 1160. The molecule has 4 heterocycles. The standard InChI is InChI=1S/C23H29N7O2S/c1-19-5-2-3-13-29(19)23-11-10-22(25-26-23)27-15-17-28(18-16-27)33(31,32)21-8-6-20(7-9-21)30-14-4-12-24-30/h4,6-12,14,19H,2-3,5,13,15-18H2,1H3. The van der Waals surface area contributed by atoms with Crippen molar-refractivity contribution in [2.45, 2.75) is 37.1 Å². The summed E-state index contributed by atoms with van der Waals surface area (Å²) < 4.78 is 29.5. The van der Waals surface area contributed by atoms with Gasteiger partial charge >= 0.3 is 0 Å². The summed E-state index contributed by atoms with van der Waals surface area (Å²) >= 11 is 0. The van der Waals surface area contributed by atoms with Crippen molar-refractivity contribution < 1.29 is 8.42 Å². The summed E-state index contributed by atoms with van der Waals surface area (Å²) in [4.78, 5) is 4.72. The minimum atomic E-state index is -3.55. The van der Waals surface area contributed by atoms with Crippen LogP contribution >= 0.6 is 0 Å². The SMILES string of the molecule is CC1CCCCN1c1ccc(N2CCN(S(=O)(=O)c3ccc(-n4cccn4)cc3)CC2)nn1. The third-order valence-electron chi connectivity index (χ3n) is 6.54. The van der Waals surface area contributed by atoms with Crippen LogP contribution in [0.4, 0.5) is 11.6 Å². The van der Waals surface area contributed by atoms with Crippen molar-refractivity contribution in [2.24, 2.45) is 0 Å². The van der Waals surface area contributed by atoms with Crippen molar-refractivity contribution >= 4 is 21.7 Å². The van der Waals surface area contributed by atoms with Crippen LogP contribution in [0.1, 0.15) is 26.2 Å². The molecule has 3 aromatic rings. The monoisotopic (exact) mass is 467 g/mol. The van der Waals surface area contributed by atoms with E-state index < -0.39 is 10.0 Å². The Hall–Kier alpha value is -2.98. The van der Waals surface area contributed by atoms with Crippen LogP contribution < -0.4 is 9.80 Å². The molecule has 0 aliphatic carbocycles. The van der Waals surface area contributed by atoms with Crippen molar-refractivity contribution in [1.82, 2.24) is 24.3 Å². The zero-order valence-corrected chi connectivity index (χ0v) is 19.6. The maximum Gasteiger partial charge on any atom is 0.243 e. The average molecular weight is 468 g/mol. The fraction of sp³-hybridized carbons (Fsp3) is 0.435. The van der Waals surface area contributed by atoms with Crippen LogP contribution in [-0.2, 0) is 10.0 Å². The summed E-state index contributed by atoms with van der Waals surface area (Å²) in [6.45, 7) is 5.25. The quantitative estimate of drug-likeness (QED) is 0.570. The molecule has 1 unspecified atom stereocenters. The summed E-state index contributed by atoms with van der Waals surface area (Å²) in [6, 6.07) is 13.2. The Morgan fingerprint density at radius 2 is 1.61 bits per heavy atom. The van der Waals surface area contributed by atoms with Crippen molar-refractivity contribution in [3.05, 3.63) is 54.9 Å². The second kappa shape index (κ2) is 9.11. The Labute approximate surface area is 194 Å². The molecule has 1 atom stereocenters. The lowest BCUT2D eigenvalue weighted by molar-refractivity contribution is 0.383. The zero-order valence-electron chi connectivity index (χ0n) is 18.8. The van der Waals surface area contributed by atoms with E-state index in [0.717, 1.165) is 23.9 Å². The number of hydrogen-bond donors (Lipinski definition) is 0. The molecule has 174 valence electrons. The number of piperazine rings is 1. The van der Waals surface area contributed by atoms with E-state index in [1.807, 2.05) is 24.4 Å². The Morgan fingerprint density at radius 3 is 2.24 bits per heavy atom. The first-order chi connectivity index (χ1) is 16.0. The van der Waals surface area contributed by atoms with Gasteiger partial charge in [0.05, 0.1) is 10.6 Å². The van der Waals surface area contributed by atoms with Gasteiger partial charge in [0.25, 0.3) is 0 Å². The summed E-state index contributed by atoms with van der Waals surface area (Å²) in [5.41, 5.74) is 0.824. The number of benzene rings is 1. The van der Waals surface area contributed by atoms with Crippen molar-refractivity contribution in [3.63, 3.8) is 0 Å². The maximum absolute atomic E-state index is 13.1. The molecule has 0 amide bonds. The summed E-state index contributed by atoms with van der Waals surface area (Å²) in [7, 11) is -3.55. The number of anilines is 2. The van der Waals surface area contributed by atoms with E-state index in [1.165, 1.54) is 19.3 Å². The highest BCUT2D eigenvalue weighted by molar-refractivity contribution is 7.89. The van der Waals surface area contributed by atoms with E-state index in [4.69, 9.17) is 0 Å². The molecule has 9 nitrogen and oxygen atoms in total. The minimum Gasteiger partial charge on any atom is -0.352 e. The lowest BCUT2D eigenvalue weighted by Crippen LogP contribution is -2.49. The molecule has 10 heteroatoms. The molecule has 0 spiro atoms. The summed E-state index contributed by atoms with van der Waals surface area (Å²) in [5, 5.41) is 13.1. The van der Waals surface area contributed by atoms with E-state index in [-0.39, 0.29) is 0 Å². The molecule has 2 aliphatic heterocycles. The van der Waals surface area contributed by atoms with Crippen LogP contribution in [-0.4, -0.2) is 71.5 Å². The van der Waals surface area contributed by atoms with Gasteiger partial charge in [0.2, 0.25) is 10.0 Å². The summed E-state index contributed by atoms with van der Waals surface area (Å²) in [6.07, 6.45) is 7.16. The van der Waals surface area contributed by atoms with Gasteiger partial charge in [-0.2, -0.15) is 9.40 Å². The maximum atomic E-state index is 13.1. The average Bonchev–Trinajstić information content (AvgIpc) is 3.40.